The van der Waals surface area contributed by atoms with Gasteiger partial charge in [-0.15, -0.1) is 0 Å². The van der Waals surface area contributed by atoms with Gasteiger partial charge in [0.05, 0.1) is 0 Å². The highest BCUT2D eigenvalue weighted by atomic mass is 28.3. The zero-order valence-electron chi connectivity index (χ0n) is 19.3. The third-order valence-electron chi connectivity index (χ3n) is 7.49. The average molecular weight is 453 g/mol. The van der Waals surface area contributed by atoms with E-state index in [0.717, 1.165) is 11.2 Å². The van der Waals surface area contributed by atoms with Crippen molar-refractivity contribution in [2.75, 3.05) is 0 Å². The van der Waals surface area contributed by atoms with E-state index in [4.69, 9.17) is 4.42 Å². The molecule has 0 N–H and O–H groups in total. The van der Waals surface area contributed by atoms with E-state index in [2.05, 4.69) is 110 Å². The minimum atomic E-state index is -1.81. The predicted molar refractivity (Wildman–Crippen MR) is 147 cm³/mol. The quantitative estimate of drug-likeness (QED) is 0.245. The second kappa shape index (κ2) is 7.06. The van der Waals surface area contributed by atoms with Crippen LogP contribution in [0, 0.1) is 0 Å². The molecule has 1 aliphatic rings. The molecule has 0 spiro atoms. The molecule has 5 aromatic carbocycles. The van der Waals surface area contributed by atoms with Crippen molar-refractivity contribution in [2.45, 2.75) is 13.1 Å². The van der Waals surface area contributed by atoms with Crippen LogP contribution in [0.5, 0.6) is 0 Å². The summed E-state index contributed by atoms with van der Waals surface area (Å²) in [6.45, 7) is 4.98. The maximum absolute atomic E-state index is 6.05. The highest BCUT2D eigenvalue weighted by molar-refractivity contribution is 7.03. The SMILES string of the molecule is C[Si]1(C)c2cc(-c3ccccc3)ccc2-c2ccc(-c3ccc4oc5ccccc5c4c3)cc21. The maximum Gasteiger partial charge on any atom is 0.135 e. The van der Waals surface area contributed by atoms with Crippen LogP contribution in [0.3, 0.4) is 0 Å². The van der Waals surface area contributed by atoms with Gasteiger partial charge in [0.2, 0.25) is 0 Å². The molecule has 0 bridgehead atoms. The molecule has 7 rings (SSSR count). The Morgan fingerprint density at radius 2 is 1.03 bits per heavy atom. The van der Waals surface area contributed by atoms with Crippen LogP contribution in [0.15, 0.2) is 114 Å². The monoisotopic (exact) mass is 452 g/mol. The van der Waals surface area contributed by atoms with E-state index in [0.29, 0.717) is 0 Å². The van der Waals surface area contributed by atoms with Gasteiger partial charge in [0.25, 0.3) is 0 Å². The standard InChI is InChI=1S/C32H24OSi/c1-34(2)31-19-23(21-8-4-3-5-9-21)12-15-26(31)27-16-13-24(20-32(27)34)22-14-17-30-28(18-22)25-10-6-7-11-29(25)33-30/h3-20H,1-2H3. The molecule has 2 heterocycles. The summed E-state index contributed by atoms with van der Waals surface area (Å²) in [4.78, 5) is 0. The highest BCUT2D eigenvalue weighted by Gasteiger charge is 2.37. The van der Waals surface area contributed by atoms with E-state index >= 15 is 0 Å². The minimum absolute atomic E-state index is 0.946. The third-order valence-corrected chi connectivity index (χ3v) is 11.0. The van der Waals surface area contributed by atoms with Gasteiger partial charge in [0.1, 0.15) is 19.2 Å². The van der Waals surface area contributed by atoms with E-state index in [1.165, 1.54) is 54.5 Å². The summed E-state index contributed by atoms with van der Waals surface area (Å²) in [5, 5.41) is 5.43. The molecule has 2 heteroatoms. The molecule has 34 heavy (non-hydrogen) atoms. The molecule has 0 atom stereocenters. The third kappa shape index (κ3) is 2.79. The average Bonchev–Trinajstić information content (AvgIpc) is 3.36. The molecule has 0 radical (unpaired) electrons. The lowest BCUT2D eigenvalue weighted by molar-refractivity contribution is 0.669. The molecule has 0 unspecified atom stereocenters. The first-order valence-electron chi connectivity index (χ1n) is 11.9. The second-order valence-corrected chi connectivity index (χ2v) is 14.1. The number of fused-ring (bicyclic) bond motifs is 6. The maximum atomic E-state index is 6.05. The summed E-state index contributed by atoms with van der Waals surface area (Å²) in [7, 11) is -1.81. The van der Waals surface area contributed by atoms with Crippen LogP contribution in [0.4, 0.5) is 0 Å². The summed E-state index contributed by atoms with van der Waals surface area (Å²) in [5.74, 6) is 0. The molecule has 1 aliphatic heterocycles. The van der Waals surface area contributed by atoms with E-state index in [-0.39, 0.29) is 0 Å². The minimum Gasteiger partial charge on any atom is -0.456 e. The first kappa shape index (κ1) is 19.6. The lowest BCUT2D eigenvalue weighted by atomic mass is 9.97. The van der Waals surface area contributed by atoms with Gasteiger partial charge in [-0.05, 0) is 62.0 Å². The topological polar surface area (TPSA) is 13.1 Å². The van der Waals surface area contributed by atoms with E-state index in [9.17, 15) is 0 Å². The smallest absolute Gasteiger partial charge is 0.135 e. The normalized spacial score (nSPS) is 13.8. The Hall–Kier alpha value is -3.88. The summed E-state index contributed by atoms with van der Waals surface area (Å²) in [6.07, 6.45) is 0. The number of hydrogen-bond donors (Lipinski definition) is 0. The summed E-state index contributed by atoms with van der Waals surface area (Å²) in [6, 6.07) is 39.7. The van der Waals surface area contributed by atoms with Crippen LogP contribution in [-0.2, 0) is 0 Å². The number of hydrogen-bond acceptors (Lipinski definition) is 1. The zero-order valence-corrected chi connectivity index (χ0v) is 20.3. The van der Waals surface area contributed by atoms with Crippen LogP contribution in [0.2, 0.25) is 13.1 Å². The first-order chi connectivity index (χ1) is 16.6. The summed E-state index contributed by atoms with van der Waals surface area (Å²) in [5.41, 5.74) is 9.83. The molecule has 162 valence electrons. The van der Waals surface area contributed by atoms with Gasteiger partial charge in [-0.2, -0.15) is 0 Å². The van der Waals surface area contributed by atoms with Crippen molar-refractivity contribution in [1.29, 1.82) is 0 Å². The van der Waals surface area contributed by atoms with E-state index in [1.807, 2.05) is 12.1 Å². The predicted octanol–water partition coefficient (Wildman–Crippen LogP) is 7.72. The van der Waals surface area contributed by atoms with Gasteiger partial charge in [0.15, 0.2) is 0 Å². The number of rotatable bonds is 2. The Balaban J connectivity index is 1.35. The van der Waals surface area contributed by atoms with Crippen molar-refractivity contribution < 1.29 is 4.42 Å². The van der Waals surface area contributed by atoms with Crippen LogP contribution >= 0.6 is 0 Å². The Morgan fingerprint density at radius 1 is 0.471 bits per heavy atom. The van der Waals surface area contributed by atoms with Gasteiger partial charge in [0, 0.05) is 10.8 Å². The molecule has 0 fully saturated rings. The Bertz CT molecular complexity index is 1720. The lowest BCUT2D eigenvalue weighted by Crippen LogP contribution is -2.49. The van der Waals surface area contributed by atoms with Crippen molar-refractivity contribution in [1.82, 2.24) is 0 Å². The van der Waals surface area contributed by atoms with Crippen LogP contribution in [0.1, 0.15) is 0 Å². The van der Waals surface area contributed by atoms with Gasteiger partial charge in [-0.25, -0.2) is 0 Å². The van der Waals surface area contributed by atoms with Crippen molar-refractivity contribution in [2.24, 2.45) is 0 Å². The summed E-state index contributed by atoms with van der Waals surface area (Å²) < 4.78 is 6.05. The van der Waals surface area contributed by atoms with Crippen molar-refractivity contribution in [3.63, 3.8) is 0 Å². The van der Waals surface area contributed by atoms with Gasteiger partial charge >= 0.3 is 0 Å². The second-order valence-electron chi connectivity index (χ2n) is 9.82. The highest BCUT2D eigenvalue weighted by Crippen LogP contribution is 2.35. The molecule has 0 saturated carbocycles. The molecular weight excluding hydrogens is 428 g/mol. The molecule has 0 aliphatic carbocycles. The number of para-hydroxylation sites is 1. The first-order valence-corrected chi connectivity index (χ1v) is 14.9. The largest absolute Gasteiger partial charge is 0.456 e. The molecule has 0 saturated heterocycles. The fourth-order valence-corrected chi connectivity index (χ4v) is 8.74. The van der Waals surface area contributed by atoms with E-state index < -0.39 is 8.07 Å². The van der Waals surface area contributed by atoms with Crippen LogP contribution in [0.25, 0.3) is 55.3 Å². The fraction of sp³-hybridized carbons (Fsp3) is 0.0625. The number of furan rings is 1. The van der Waals surface area contributed by atoms with Crippen molar-refractivity contribution >= 4 is 40.4 Å². The zero-order chi connectivity index (χ0) is 22.9. The van der Waals surface area contributed by atoms with Gasteiger partial charge in [-0.3, -0.25) is 0 Å². The molecule has 0 amide bonds. The molecule has 1 nitrogen and oxygen atoms in total. The number of benzene rings is 5. The van der Waals surface area contributed by atoms with Crippen molar-refractivity contribution in [3.05, 3.63) is 109 Å². The van der Waals surface area contributed by atoms with Crippen LogP contribution < -0.4 is 10.4 Å². The van der Waals surface area contributed by atoms with E-state index in [1.54, 1.807) is 0 Å². The van der Waals surface area contributed by atoms with Gasteiger partial charge < -0.3 is 4.42 Å². The summed E-state index contributed by atoms with van der Waals surface area (Å²) >= 11 is 0. The lowest BCUT2D eigenvalue weighted by Gasteiger charge is -2.20. The Morgan fingerprint density at radius 3 is 1.76 bits per heavy atom. The van der Waals surface area contributed by atoms with Crippen molar-refractivity contribution in [3.8, 4) is 33.4 Å². The molecular formula is C32H24OSi. The molecule has 6 aromatic rings. The van der Waals surface area contributed by atoms with Gasteiger partial charge in [-0.1, -0.05) is 104 Å². The fourth-order valence-electron chi connectivity index (χ4n) is 5.63. The van der Waals surface area contributed by atoms with Crippen LogP contribution in [-0.4, -0.2) is 8.07 Å². The Labute approximate surface area is 200 Å². The molecule has 1 aromatic heterocycles. The Kier molecular flexibility index (Phi) is 4.06.